The number of benzene rings is 2. The van der Waals surface area contributed by atoms with Gasteiger partial charge in [-0.15, -0.1) is 0 Å². The van der Waals surface area contributed by atoms with Gasteiger partial charge in [0.1, 0.15) is 5.75 Å². The van der Waals surface area contributed by atoms with Gasteiger partial charge in [0.05, 0.1) is 17.9 Å². The molecule has 5 heteroatoms. The SMILES string of the molecule is CC(C)Oc1ccc(/C=N\NC(=O)c2ccccc2N)cc1. The average Bonchev–Trinajstić information content (AvgIpc) is 2.49. The van der Waals surface area contributed by atoms with Crippen molar-refractivity contribution in [2.75, 3.05) is 5.73 Å². The van der Waals surface area contributed by atoms with Gasteiger partial charge in [-0.3, -0.25) is 4.79 Å². The standard InChI is InChI=1S/C17H19N3O2/c1-12(2)22-14-9-7-13(8-10-14)11-19-20-17(21)15-5-3-4-6-16(15)18/h3-12H,18H2,1-2H3,(H,20,21)/b19-11-. The van der Waals surface area contributed by atoms with Crippen LogP contribution in [0.2, 0.25) is 0 Å². The van der Waals surface area contributed by atoms with Crippen LogP contribution < -0.4 is 15.9 Å². The Morgan fingerprint density at radius 2 is 1.86 bits per heavy atom. The number of nitrogen functional groups attached to an aromatic ring is 1. The number of ether oxygens (including phenoxy) is 1. The third-order valence-electron chi connectivity index (χ3n) is 2.84. The minimum atomic E-state index is -0.339. The predicted molar refractivity (Wildman–Crippen MR) is 88.1 cm³/mol. The summed E-state index contributed by atoms with van der Waals surface area (Å²) in [6.45, 7) is 3.94. The Balaban J connectivity index is 1.95. The van der Waals surface area contributed by atoms with Crippen LogP contribution in [0.5, 0.6) is 5.75 Å². The Bertz CT molecular complexity index is 664. The van der Waals surface area contributed by atoms with E-state index in [4.69, 9.17) is 10.5 Å². The highest BCUT2D eigenvalue weighted by Gasteiger charge is 2.06. The molecule has 2 aromatic rings. The molecule has 0 aliphatic heterocycles. The fourth-order valence-electron chi connectivity index (χ4n) is 1.83. The van der Waals surface area contributed by atoms with Gasteiger partial charge in [0, 0.05) is 5.69 Å². The van der Waals surface area contributed by atoms with Gasteiger partial charge in [0.2, 0.25) is 0 Å². The number of hydrogen-bond donors (Lipinski definition) is 2. The molecule has 22 heavy (non-hydrogen) atoms. The summed E-state index contributed by atoms with van der Waals surface area (Å²) < 4.78 is 5.55. The van der Waals surface area contributed by atoms with Crippen molar-refractivity contribution < 1.29 is 9.53 Å². The number of carbonyl (C=O) groups is 1. The lowest BCUT2D eigenvalue weighted by molar-refractivity contribution is 0.0956. The van der Waals surface area contributed by atoms with Crippen molar-refractivity contribution in [2.24, 2.45) is 5.10 Å². The number of para-hydroxylation sites is 1. The summed E-state index contributed by atoms with van der Waals surface area (Å²) >= 11 is 0. The Morgan fingerprint density at radius 3 is 2.50 bits per heavy atom. The number of hydrogen-bond acceptors (Lipinski definition) is 4. The lowest BCUT2D eigenvalue weighted by Gasteiger charge is -2.09. The number of nitrogens with zero attached hydrogens (tertiary/aromatic N) is 1. The van der Waals surface area contributed by atoms with E-state index in [1.54, 1.807) is 30.5 Å². The van der Waals surface area contributed by atoms with Crippen LogP contribution in [0.4, 0.5) is 5.69 Å². The van der Waals surface area contributed by atoms with E-state index in [0.29, 0.717) is 11.3 Å². The van der Waals surface area contributed by atoms with Gasteiger partial charge in [0.25, 0.3) is 5.91 Å². The van der Waals surface area contributed by atoms with E-state index in [-0.39, 0.29) is 12.0 Å². The first-order chi connectivity index (χ1) is 10.6. The number of nitrogens with one attached hydrogen (secondary N) is 1. The van der Waals surface area contributed by atoms with Crippen molar-refractivity contribution in [2.45, 2.75) is 20.0 Å². The van der Waals surface area contributed by atoms with E-state index < -0.39 is 0 Å². The fourth-order valence-corrected chi connectivity index (χ4v) is 1.83. The van der Waals surface area contributed by atoms with Gasteiger partial charge in [-0.1, -0.05) is 12.1 Å². The maximum absolute atomic E-state index is 11.9. The normalized spacial score (nSPS) is 10.9. The lowest BCUT2D eigenvalue weighted by atomic mass is 10.2. The highest BCUT2D eigenvalue weighted by atomic mass is 16.5. The van der Waals surface area contributed by atoms with Crippen molar-refractivity contribution in [1.82, 2.24) is 5.43 Å². The molecule has 3 N–H and O–H groups in total. The van der Waals surface area contributed by atoms with Gasteiger partial charge in [0.15, 0.2) is 0 Å². The molecule has 0 fully saturated rings. The molecule has 0 aromatic heterocycles. The third kappa shape index (κ3) is 4.34. The van der Waals surface area contributed by atoms with Gasteiger partial charge in [-0.2, -0.15) is 5.10 Å². The molecule has 1 amide bonds. The fraction of sp³-hybridized carbons (Fsp3) is 0.176. The summed E-state index contributed by atoms with van der Waals surface area (Å²) in [5, 5.41) is 3.93. The Hall–Kier alpha value is -2.82. The number of nitrogens with two attached hydrogens (primary N) is 1. The maximum Gasteiger partial charge on any atom is 0.273 e. The highest BCUT2D eigenvalue weighted by molar-refractivity contribution is 5.99. The van der Waals surface area contributed by atoms with Crippen molar-refractivity contribution >= 4 is 17.8 Å². The molecular formula is C17H19N3O2. The van der Waals surface area contributed by atoms with Crippen molar-refractivity contribution in [3.05, 3.63) is 59.7 Å². The van der Waals surface area contributed by atoms with Crippen molar-refractivity contribution in [3.63, 3.8) is 0 Å². The minimum Gasteiger partial charge on any atom is -0.491 e. The molecule has 0 atom stereocenters. The maximum atomic E-state index is 11.9. The van der Waals surface area contributed by atoms with E-state index in [0.717, 1.165) is 11.3 Å². The van der Waals surface area contributed by atoms with Crippen LogP contribution >= 0.6 is 0 Å². The number of carbonyl (C=O) groups excluding carboxylic acids is 1. The second-order valence-corrected chi connectivity index (χ2v) is 5.02. The van der Waals surface area contributed by atoms with Crippen molar-refractivity contribution in [3.8, 4) is 5.75 Å². The molecule has 0 unspecified atom stereocenters. The summed E-state index contributed by atoms with van der Waals surface area (Å²) in [6, 6.07) is 14.3. The molecule has 0 aliphatic rings. The molecule has 5 nitrogen and oxygen atoms in total. The van der Waals surface area contributed by atoms with E-state index in [2.05, 4.69) is 10.5 Å². The lowest BCUT2D eigenvalue weighted by Crippen LogP contribution is -2.18. The summed E-state index contributed by atoms with van der Waals surface area (Å²) in [4.78, 5) is 11.9. The number of amides is 1. The van der Waals surface area contributed by atoms with Crippen LogP contribution in [-0.4, -0.2) is 18.2 Å². The largest absolute Gasteiger partial charge is 0.491 e. The third-order valence-corrected chi connectivity index (χ3v) is 2.84. The molecule has 0 saturated heterocycles. The monoisotopic (exact) mass is 297 g/mol. The second kappa shape index (κ2) is 7.26. The first kappa shape index (κ1) is 15.6. The zero-order valence-electron chi connectivity index (χ0n) is 12.6. The predicted octanol–water partition coefficient (Wildman–Crippen LogP) is 2.82. The first-order valence-corrected chi connectivity index (χ1v) is 7.01. The van der Waals surface area contributed by atoms with Crippen LogP contribution in [0.15, 0.2) is 53.6 Å². The van der Waals surface area contributed by atoms with Crippen LogP contribution in [0, 0.1) is 0 Å². The van der Waals surface area contributed by atoms with Crippen LogP contribution in [-0.2, 0) is 0 Å². The van der Waals surface area contributed by atoms with E-state index in [1.807, 2.05) is 38.1 Å². The summed E-state index contributed by atoms with van der Waals surface area (Å²) in [5.41, 5.74) is 9.87. The topological polar surface area (TPSA) is 76.7 Å². The minimum absolute atomic E-state index is 0.134. The van der Waals surface area contributed by atoms with Crippen LogP contribution in [0.1, 0.15) is 29.8 Å². The molecule has 0 radical (unpaired) electrons. The Morgan fingerprint density at radius 1 is 1.18 bits per heavy atom. The summed E-state index contributed by atoms with van der Waals surface area (Å²) in [5.74, 6) is 0.461. The summed E-state index contributed by atoms with van der Waals surface area (Å²) in [6.07, 6.45) is 1.70. The summed E-state index contributed by atoms with van der Waals surface area (Å²) in [7, 11) is 0. The molecule has 114 valence electrons. The van der Waals surface area contributed by atoms with E-state index >= 15 is 0 Å². The smallest absolute Gasteiger partial charge is 0.273 e. The van der Waals surface area contributed by atoms with Crippen LogP contribution in [0.25, 0.3) is 0 Å². The Kier molecular flexibility index (Phi) is 5.14. The first-order valence-electron chi connectivity index (χ1n) is 7.01. The molecule has 0 bridgehead atoms. The molecule has 2 aromatic carbocycles. The highest BCUT2D eigenvalue weighted by Crippen LogP contribution is 2.13. The van der Waals surface area contributed by atoms with Crippen molar-refractivity contribution in [1.29, 1.82) is 0 Å². The van der Waals surface area contributed by atoms with E-state index in [9.17, 15) is 4.79 Å². The van der Waals surface area contributed by atoms with E-state index in [1.165, 1.54) is 0 Å². The average molecular weight is 297 g/mol. The quantitative estimate of drug-likeness (QED) is 0.506. The molecule has 0 aliphatic carbocycles. The molecule has 0 saturated carbocycles. The van der Waals surface area contributed by atoms with Gasteiger partial charge in [-0.25, -0.2) is 5.43 Å². The molecule has 0 spiro atoms. The van der Waals surface area contributed by atoms with Gasteiger partial charge >= 0.3 is 0 Å². The molecule has 2 rings (SSSR count). The number of anilines is 1. The molecular weight excluding hydrogens is 278 g/mol. The number of rotatable bonds is 5. The Labute approximate surface area is 129 Å². The zero-order valence-corrected chi connectivity index (χ0v) is 12.6. The van der Waals surface area contributed by atoms with Gasteiger partial charge in [-0.05, 0) is 55.8 Å². The second-order valence-electron chi connectivity index (χ2n) is 5.02. The van der Waals surface area contributed by atoms with Crippen LogP contribution in [0.3, 0.4) is 0 Å². The van der Waals surface area contributed by atoms with Gasteiger partial charge < -0.3 is 10.5 Å². The molecule has 0 heterocycles. The number of hydrazone groups is 1. The zero-order chi connectivity index (χ0) is 15.9.